The largest absolute Gasteiger partial charge is 0.384 e. The summed E-state index contributed by atoms with van der Waals surface area (Å²) in [6, 6.07) is 0. The van der Waals surface area contributed by atoms with Crippen molar-refractivity contribution in [2.75, 3.05) is 40.0 Å². The van der Waals surface area contributed by atoms with Crippen molar-refractivity contribution in [2.45, 2.75) is 19.3 Å². The van der Waals surface area contributed by atoms with E-state index in [1.807, 2.05) is 0 Å². The molecule has 14 heavy (non-hydrogen) atoms. The molecule has 1 atom stereocenters. The third kappa shape index (κ3) is 1.95. The van der Waals surface area contributed by atoms with E-state index in [2.05, 4.69) is 5.32 Å². The summed E-state index contributed by atoms with van der Waals surface area (Å²) in [5.74, 6) is 0.614. The molecular weight excluding hydrogens is 178 g/mol. The Balaban J connectivity index is 2.02. The molecule has 2 aliphatic heterocycles. The minimum absolute atomic E-state index is 0.513. The van der Waals surface area contributed by atoms with Crippen LogP contribution in [0.3, 0.4) is 0 Å². The predicted octanol–water partition coefficient (Wildman–Crippen LogP) is 1.04. The van der Waals surface area contributed by atoms with Gasteiger partial charge in [0, 0.05) is 19.6 Å². The molecule has 2 saturated heterocycles. The van der Waals surface area contributed by atoms with Crippen LogP contribution in [-0.4, -0.2) is 40.0 Å². The third-order valence-corrected chi connectivity index (χ3v) is 3.90. The van der Waals surface area contributed by atoms with E-state index in [9.17, 15) is 0 Å². The lowest BCUT2D eigenvalue weighted by atomic mass is 9.66. The number of rotatable bonds is 2. The van der Waals surface area contributed by atoms with Gasteiger partial charge < -0.3 is 14.8 Å². The average molecular weight is 199 g/mol. The molecule has 3 heteroatoms. The molecule has 2 heterocycles. The molecule has 1 spiro atoms. The summed E-state index contributed by atoms with van der Waals surface area (Å²) in [4.78, 5) is 0. The van der Waals surface area contributed by atoms with E-state index in [0.717, 1.165) is 19.8 Å². The highest BCUT2D eigenvalue weighted by molar-refractivity contribution is 4.92. The monoisotopic (exact) mass is 199 g/mol. The Morgan fingerprint density at radius 3 is 2.86 bits per heavy atom. The zero-order chi connectivity index (χ0) is 9.86. The Kier molecular flexibility index (Phi) is 3.42. The molecule has 82 valence electrons. The normalized spacial score (nSPS) is 31.9. The van der Waals surface area contributed by atoms with E-state index >= 15 is 0 Å². The van der Waals surface area contributed by atoms with Gasteiger partial charge in [-0.3, -0.25) is 0 Å². The Bertz CT molecular complexity index is 168. The summed E-state index contributed by atoms with van der Waals surface area (Å²) in [6.45, 7) is 5.04. The lowest BCUT2D eigenvalue weighted by Crippen LogP contribution is -2.48. The first-order chi connectivity index (χ1) is 6.87. The lowest BCUT2D eigenvalue weighted by molar-refractivity contribution is -0.0821. The molecule has 0 aromatic heterocycles. The second kappa shape index (κ2) is 4.60. The SMILES string of the molecule is COC[C@H]1COCCC12CCNCC2. The van der Waals surface area contributed by atoms with Gasteiger partial charge in [0.2, 0.25) is 0 Å². The summed E-state index contributed by atoms with van der Waals surface area (Å²) in [5.41, 5.74) is 0.513. The predicted molar refractivity (Wildman–Crippen MR) is 55.3 cm³/mol. The summed E-state index contributed by atoms with van der Waals surface area (Å²) in [5, 5.41) is 3.44. The molecule has 2 aliphatic rings. The van der Waals surface area contributed by atoms with Gasteiger partial charge in [-0.2, -0.15) is 0 Å². The zero-order valence-corrected chi connectivity index (χ0v) is 9.05. The summed E-state index contributed by atoms with van der Waals surface area (Å²) in [6.07, 6.45) is 3.82. The van der Waals surface area contributed by atoms with Gasteiger partial charge >= 0.3 is 0 Å². The van der Waals surface area contributed by atoms with E-state index < -0.39 is 0 Å². The van der Waals surface area contributed by atoms with Crippen LogP contribution in [0.5, 0.6) is 0 Å². The third-order valence-electron chi connectivity index (χ3n) is 3.90. The minimum atomic E-state index is 0.513. The summed E-state index contributed by atoms with van der Waals surface area (Å²) < 4.78 is 10.9. The van der Waals surface area contributed by atoms with E-state index in [-0.39, 0.29) is 0 Å². The van der Waals surface area contributed by atoms with Crippen molar-refractivity contribution in [3.8, 4) is 0 Å². The van der Waals surface area contributed by atoms with Crippen molar-refractivity contribution in [1.82, 2.24) is 5.32 Å². The second-order valence-electron chi connectivity index (χ2n) is 4.59. The van der Waals surface area contributed by atoms with Gasteiger partial charge in [0.15, 0.2) is 0 Å². The Labute approximate surface area is 86.2 Å². The van der Waals surface area contributed by atoms with Gasteiger partial charge in [-0.1, -0.05) is 0 Å². The van der Waals surface area contributed by atoms with E-state index in [1.165, 1.54) is 32.4 Å². The maximum absolute atomic E-state index is 5.56. The highest BCUT2D eigenvalue weighted by Gasteiger charge is 2.41. The number of ether oxygens (including phenoxy) is 2. The number of hydrogen-bond acceptors (Lipinski definition) is 3. The maximum atomic E-state index is 5.56. The molecule has 0 aromatic carbocycles. The zero-order valence-electron chi connectivity index (χ0n) is 9.05. The molecular formula is C11H21NO2. The van der Waals surface area contributed by atoms with Gasteiger partial charge in [0.05, 0.1) is 13.2 Å². The molecule has 3 nitrogen and oxygen atoms in total. The molecule has 0 saturated carbocycles. The van der Waals surface area contributed by atoms with Gasteiger partial charge in [0.1, 0.15) is 0 Å². The highest BCUT2D eigenvalue weighted by Crippen LogP contribution is 2.43. The van der Waals surface area contributed by atoms with Crippen molar-refractivity contribution in [3.05, 3.63) is 0 Å². The van der Waals surface area contributed by atoms with E-state index in [1.54, 1.807) is 7.11 Å². The smallest absolute Gasteiger partial charge is 0.0521 e. The van der Waals surface area contributed by atoms with Crippen LogP contribution < -0.4 is 5.32 Å². The number of methoxy groups -OCH3 is 1. The number of hydrogen-bond donors (Lipinski definition) is 1. The first kappa shape index (κ1) is 10.4. The van der Waals surface area contributed by atoms with E-state index in [4.69, 9.17) is 9.47 Å². The Hall–Kier alpha value is -0.120. The van der Waals surface area contributed by atoms with Crippen LogP contribution in [-0.2, 0) is 9.47 Å². The minimum Gasteiger partial charge on any atom is -0.384 e. The topological polar surface area (TPSA) is 30.5 Å². The average Bonchev–Trinajstić information content (AvgIpc) is 2.23. The van der Waals surface area contributed by atoms with E-state index in [0.29, 0.717) is 11.3 Å². The van der Waals surface area contributed by atoms with Crippen LogP contribution in [0.2, 0.25) is 0 Å². The van der Waals surface area contributed by atoms with Crippen LogP contribution >= 0.6 is 0 Å². The van der Waals surface area contributed by atoms with Crippen molar-refractivity contribution < 1.29 is 9.47 Å². The molecule has 0 amide bonds. The molecule has 0 aromatic rings. The first-order valence-electron chi connectivity index (χ1n) is 5.65. The second-order valence-corrected chi connectivity index (χ2v) is 4.59. The summed E-state index contributed by atoms with van der Waals surface area (Å²) in [7, 11) is 1.80. The van der Waals surface area contributed by atoms with Gasteiger partial charge in [-0.25, -0.2) is 0 Å². The van der Waals surface area contributed by atoms with Crippen LogP contribution in [0.1, 0.15) is 19.3 Å². The molecule has 2 rings (SSSR count). The van der Waals surface area contributed by atoms with Gasteiger partial charge in [0.25, 0.3) is 0 Å². The highest BCUT2D eigenvalue weighted by atomic mass is 16.5. The molecule has 0 bridgehead atoms. The van der Waals surface area contributed by atoms with Gasteiger partial charge in [-0.15, -0.1) is 0 Å². The molecule has 1 N–H and O–H groups in total. The summed E-state index contributed by atoms with van der Waals surface area (Å²) >= 11 is 0. The fourth-order valence-electron chi connectivity index (χ4n) is 2.89. The number of nitrogens with one attached hydrogen (secondary N) is 1. The standard InChI is InChI=1S/C11H21NO2/c1-13-8-10-9-14-7-4-11(10)2-5-12-6-3-11/h10,12H,2-9H2,1H3/t10-/m0/s1. The fraction of sp³-hybridized carbons (Fsp3) is 1.00. The first-order valence-corrected chi connectivity index (χ1v) is 5.65. The van der Waals surface area contributed by atoms with Crippen LogP contribution in [0.4, 0.5) is 0 Å². The van der Waals surface area contributed by atoms with Crippen molar-refractivity contribution in [2.24, 2.45) is 11.3 Å². The lowest BCUT2D eigenvalue weighted by Gasteiger charge is -2.46. The van der Waals surface area contributed by atoms with Crippen LogP contribution in [0, 0.1) is 11.3 Å². The maximum Gasteiger partial charge on any atom is 0.0521 e. The molecule has 0 unspecified atom stereocenters. The molecule has 0 radical (unpaired) electrons. The quantitative estimate of drug-likeness (QED) is 0.721. The van der Waals surface area contributed by atoms with Crippen molar-refractivity contribution in [1.29, 1.82) is 0 Å². The molecule has 0 aliphatic carbocycles. The Morgan fingerprint density at radius 2 is 2.14 bits per heavy atom. The van der Waals surface area contributed by atoms with Crippen molar-refractivity contribution in [3.63, 3.8) is 0 Å². The number of piperidine rings is 1. The molecule has 2 fully saturated rings. The fourth-order valence-corrected chi connectivity index (χ4v) is 2.89. The van der Waals surface area contributed by atoms with Crippen LogP contribution in [0.15, 0.2) is 0 Å². The van der Waals surface area contributed by atoms with Gasteiger partial charge in [-0.05, 0) is 37.8 Å². The Morgan fingerprint density at radius 1 is 1.36 bits per heavy atom. The van der Waals surface area contributed by atoms with Crippen LogP contribution in [0.25, 0.3) is 0 Å². The van der Waals surface area contributed by atoms with Crippen molar-refractivity contribution >= 4 is 0 Å².